The Balaban J connectivity index is 1.75. The van der Waals surface area contributed by atoms with Crippen LogP contribution in [-0.2, 0) is 4.79 Å². The molecule has 0 aliphatic carbocycles. The van der Waals surface area contributed by atoms with E-state index in [2.05, 4.69) is 43.2 Å². The van der Waals surface area contributed by atoms with E-state index in [1.165, 1.54) is 0 Å². The molecule has 2 amide bonds. The van der Waals surface area contributed by atoms with Crippen molar-refractivity contribution in [3.8, 4) is 0 Å². The van der Waals surface area contributed by atoms with E-state index in [0.29, 0.717) is 30.6 Å². The molecule has 0 spiro atoms. The molecule has 28 heavy (non-hydrogen) atoms. The van der Waals surface area contributed by atoms with Crippen LogP contribution in [0.2, 0.25) is 0 Å². The zero-order valence-corrected chi connectivity index (χ0v) is 17.8. The van der Waals surface area contributed by atoms with Gasteiger partial charge in [-0.05, 0) is 58.7 Å². The van der Waals surface area contributed by atoms with E-state index in [4.69, 9.17) is 0 Å². The second kappa shape index (κ2) is 11.1. The largest absolute Gasteiger partial charge is 0.385 e. The molecular formula is C22H36N4O2. The maximum atomic E-state index is 12.5. The molecule has 0 atom stereocenters. The van der Waals surface area contributed by atoms with Gasteiger partial charge in [0.1, 0.15) is 0 Å². The summed E-state index contributed by atoms with van der Waals surface area (Å²) in [6, 6.07) is 8.51. The second-order valence-corrected chi connectivity index (χ2v) is 8.03. The Morgan fingerprint density at radius 2 is 1.93 bits per heavy atom. The van der Waals surface area contributed by atoms with Crippen molar-refractivity contribution in [1.29, 1.82) is 0 Å². The van der Waals surface area contributed by atoms with E-state index < -0.39 is 0 Å². The molecule has 1 aliphatic rings. The minimum absolute atomic E-state index is 0.0428. The van der Waals surface area contributed by atoms with Gasteiger partial charge in [0.15, 0.2) is 0 Å². The lowest BCUT2D eigenvalue weighted by molar-refractivity contribution is -0.127. The average molecular weight is 389 g/mol. The van der Waals surface area contributed by atoms with Crippen molar-refractivity contribution >= 4 is 17.5 Å². The van der Waals surface area contributed by atoms with Crippen LogP contribution in [-0.4, -0.2) is 66.4 Å². The van der Waals surface area contributed by atoms with Gasteiger partial charge >= 0.3 is 0 Å². The molecule has 1 saturated heterocycles. The second-order valence-electron chi connectivity index (χ2n) is 8.03. The number of anilines is 1. The lowest BCUT2D eigenvalue weighted by Gasteiger charge is -2.30. The summed E-state index contributed by atoms with van der Waals surface area (Å²) in [6.45, 7) is 12.7. The molecule has 1 aromatic carbocycles. The Kier molecular flexibility index (Phi) is 8.77. The lowest BCUT2D eigenvalue weighted by atomic mass is 10.2. The Morgan fingerprint density at radius 3 is 2.57 bits per heavy atom. The number of rotatable bonds is 11. The molecule has 1 aliphatic heterocycles. The summed E-state index contributed by atoms with van der Waals surface area (Å²) in [7, 11) is 0. The number of amides is 2. The molecule has 2 rings (SSSR count). The van der Waals surface area contributed by atoms with Gasteiger partial charge in [0.2, 0.25) is 5.91 Å². The van der Waals surface area contributed by atoms with Gasteiger partial charge < -0.3 is 15.5 Å². The fraction of sp³-hybridized carbons (Fsp3) is 0.636. The summed E-state index contributed by atoms with van der Waals surface area (Å²) in [5, 5.41) is 6.38. The van der Waals surface area contributed by atoms with Crippen LogP contribution in [0.4, 0.5) is 5.69 Å². The molecule has 156 valence electrons. The number of hydrogen-bond acceptors (Lipinski definition) is 4. The molecule has 1 fully saturated rings. The molecule has 1 heterocycles. The molecule has 6 heteroatoms. The summed E-state index contributed by atoms with van der Waals surface area (Å²) < 4.78 is 0. The van der Waals surface area contributed by atoms with Gasteiger partial charge in [-0.15, -0.1) is 0 Å². The van der Waals surface area contributed by atoms with E-state index >= 15 is 0 Å². The number of hydrogen-bond donors (Lipinski definition) is 2. The Labute approximate surface area is 169 Å². The normalized spacial score (nSPS) is 14.4. The van der Waals surface area contributed by atoms with Gasteiger partial charge in [0, 0.05) is 62.5 Å². The van der Waals surface area contributed by atoms with Crippen molar-refractivity contribution in [3.05, 3.63) is 29.8 Å². The number of nitrogens with zero attached hydrogens (tertiary/aromatic N) is 2. The van der Waals surface area contributed by atoms with Crippen molar-refractivity contribution < 1.29 is 9.59 Å². The number of likely N-dealkylation sites (tertiary alicyclic amines) is 1. The number of carbonyl (C=O) groups is 2. The maximum absolute atomic E-state index is 12.5. The zero-order chi connectivity index (χ0) is 20.5. The average Bonchev–Trinajstić information content (AvgIpc) is 3.06. The number of benzene rings is 1. The highest BCUT2D eigenvalue weighted by Crippen LogP contribution is 2.12. The van der Waals surface area contributed by atoms with Gasteiger partial charge in [-0.25, -0.2) is 0 Å². The minimum Gasteiger partial charge on any atom is -0.385 e. The molecule has 0 saturated carbocycles. The van der Waals surface area contributed by atoms with E-state index in [1.807, 2.05) is 29.2 Å². The van der Waals surface area contributed by atoms with Gasteiger partial charge in [-0.1, -0.05) is 6.07 Å². The zero-order valence-electron chi connectivity index (χ0n) is 17.8. The predicted octanol–water partition coefficient (Wildman–Crippen LogP) is 2.96. The summed E-state index contributed by atoms with van der Waals surface area (Å²) in [5.74, 6) is 0.228. The van der Waals surface area contributed by atoms with Crippen molar-refractivity contribution in [2.45, 2.75) is 59.0 Å². The topological polar surface area (TPSA) is 64.7 Å². The van der Waals surface area contributed by atoms with Gasteiger partial charge in [0.05, 0.1) is 0 Å². The van der Waals surface area contributed by atoms with Crippen LogP contribution in [0.5, 0.6) is 0 Å². The van der Waals surface area contributed by atoms with Crippen LogP contribution in [0.3, 0.4) is 0 Å². The van der Waals surface area contributed by atoms with Crippen LogP contribution >= 0.6 is 0 Å². The Bertz CT molecular complexity index is 637. The third-order valence-corrected chi connectivity index (χ3v) is 5.21. The fourth-order valence-corrected chi connectivity index (χ4v) is 3.73. The first-order valence-corrected chi connectivity index (χ1v) is 10.5. The monoisotopic (exact) mass is 388 g/mol. The lowest BCUT2D eigenvalue weighted by Crippen LogP contribution is -2.42. The van der Waals surface area contributed by atoms with Gasteiger partial charge in [0.25, 0.3) is 5.91 Å². The summed E-state index contributed by atoms with van der Waals surface area (Å²) in [5.41, 5.74) is 1.60. The predicted molar refractivity (Wildman–Crippen MR) is 115 cm³/mol. The van der Waals surface area contributed by atoms with Gasteiger partial charge in [-0.2, -0.15) is 0 Å². The smallest absolute Gasteiger partial charge is 0.251 e. The van der Waals surface area contributed by atoms with E-state index in [-0.39, 0.29) is 11.8 Å². The van der Waals surface area contributed by atoms with Crippen molar-refractivity contribution in [2.75, 3.05) is 38.0 Å². The van der Waals surface area contributed by atoms with E-state index in [0.717, 1.165) is 44.7 Å². The maximum Gasteiger partial charge on any atom is 0.251 e. The standard InChI is InChI=1S/C22H36N4O2/c1-17(2)26(18(3)4)15-12-24-22(28)19-8-5-9-20(16-19)23-11-7-14-25-13-6-10-21(25)27/h5,8-9,16-18,23H,6-7,10-15H2,1-4H3,(H,24,28). The van der Waals surface area contributed by atoms with E-state index in [1.54, 1.807) is 0 Å². The van der Waals surface area contributed by atoms with Crippen LogP contribution in [0.1, 0.15) is 57.3 Å². The highest BCUT2D eigenvalue weighted by molar-refractivity contribution is 5.95. The third kappa shape index (κ3) is 6.82. The van der Waals surface area contributed by atoms with Gasteiger partial charge in [-0.3, -0.25) is 14.5 Å². The molecule has 0 unspecified atom stereocenters. The Morgan fingerprint density at radius 1 is 1.18 bits per heavy atom. The molecular weight excluding hydrogens is 352 g/mol. The van der Waals surface area contributed by atoms with Crippen molar-refractivity contribution in [3.63, 3.8) is 0 Å². The Hall–Kier alpha value is -2.08. The molecule has 6 nitrogen and oxygen atoms in total. The summed E-state index contributed by atoms with van der Waals surface area (Å²) in [4.78, 5) is 28.4. The van der Waals surface area contributed by atoms with Crippen LogP contribution in [0, 0.1) is 0 Å². The number of carbonyl (C=O) groups excluding carboxylic acids is 2. The molecule has 0 bridgehead atoms. The van der Waals surface area contributed by atoms with Crippen molar-refractivity contribution in [2.24, 2.45) is 0 Å². The minimum atomic E-state index is -0.0428. The summed E-state index contributed by atoms with van der Waals surface area (Å²) in [6.07, 6.45) is 2.58. The quantitative estimate of drug-likeness (QED) is 0.572. The van der Waals surface area contributed by atoms with Crippen LogP contribution in [0.15, 0.2) is 24.3 Å². The van der Waals surface area contributed by atoms with Crippen molar-refractivity contribution in [1.82, 2.24) is 15.1 Å². The molecule has 2 N–H and O–H groups in total. The third-order valence-electron chi connectivity index (χ3n) is 5.21. The van der Waals surface area contributed by atoms with E-state index in [9.17, 15) is 9.59 Å². The first-order valence-electron chi connectivity index (χ1n) is 10.5. The highest BCUT2D eigenvalue weighted by atomic mass is 16.2. The number of nitrogens with one attached hydrogen (secondary N) is 2. The molecule has 1 aromatic rings. The molecule has 0 aromatic heterocycles. The van der Waals surface area contributed by atoms with Crippen LogP contribution in [0.25, 0.3) is 0 Å². The first kappa shape index (κ1) is 22.2. The fourth-order valence-electron chi connectivity index (χ4n) is 3.73. The summed E-state index contributed by atoms with van der Waals surface area (Å²) >= 11 is 0. The van der Waals surface area contributed by atoms with Crippen LogP contribution < -0.4 is 10.6 Å². The molecule has 0 radical (unpaired) electrons. The first-order chi connectivity index (χ1) is 13.4. The SMILES string of the molecule is CC(C)N(CCNC(=O)c1cccc(NCCCN2CCCC2=O)c1)C(C)C. The highest BCUT2D eigenvalue weighted by Gasteiger charge is 2.19.